The predicted molar refractivity (Wildman–Crippen MR) is 187 cm³/mol. The molecule has 0 bridgehead atoms. The number of hydrogen-bond acceptors (Lipinski definition) is 19. The minimum absolute atomic E-state index is 0.298. The lowest BCUT2D eigenvalue weighted by molar-refractivity contribution is -0.383. The summed E-state index contributed by atoms with van der Waals surface area (Å²) in [5, 5.41) is 63.4. The molecule has 2 aromatic carbocycles. The van der Waals surface area contributed by atoms with E-state index in [4.69, 9.17) is 52.1 Å². The highest BCUT2D eigenvalue weighted by Crippen LogP contribution is 2.41. The van der Waals surface area contributed by atoms with Crippen molar-refractivity contribution in [3.8, 4) is 34.5 Å². The van der Waals surface area contributed by atoms with E-state index in [1.54, 1.807) is 24.3 Å². The standard InChI is InChI=1S/C36H46O19/c1-45-20-11-18(12-21(46-2)32(20)49-5)7-9-26(39)51-16-25-28(41)30(43)31(44)35(52-25)55-36(17-38)34(29(42)24(15-37)54-36)53-27(40)10-8-19-13-22(47-3)33(50-6)23(14-19)48-4/h7-14,24-25,28-31,34-35,37-38,41-44H,15-17H2,1-6H3/t24-,25-,28-,29-,30+,31-,34-,35-,36+/m0/s1. The second kappa shape index (κ2) is 19.2. The van der Waals surface area contributed by atoms with Crippen molar-refractivity contribution in [2.24, 2.45) is 0 Å². The van der Waals surface area contributed by atoms with E-state index in [2.05, 4.69) is 0 Å². The molecule has 2 fully saturated rings. The molecule has 0 amide bonds. The zero-order valence-electron chi connectivity index (χ0n) is 30.8. The van der Waals surface area contributed by atoms with Gasteiger partial charge in [-0.1, -0.05) is 0 Å². The van der Waals surface area contributed by atoms with Gasteiger partial charge in [0.15, 0.2) is 35.4 Å². The molecule has 2 aromatic rings. The number of methoxy groups -OCH3 is 6. The lowest BCUT2D eigenvalue weighted by Gasteiger charge is -2.43. The SMILES string of the molecule is COc1cc(C=CC(=O)OC[C@@H]2O[C@@H](O[C@@]3(CO)O[C@@H](CO)[C@H](O)[C@@H]3OC(=O)C=Cc3cc(OC)c(OC)c(OC)c3)[C@@H](O)[C@H](O)[C@H]2O)cc(OC)c1OC. The summed E-state index contributed by atoms with van der Waals surface area (Å²) in [5.74, 6) is -2.53. The molecule has 55 heavy (non-hydrogen) atoms. The normalized spacial score (nSPS) is 27.9. The van der Waals surface area contributed by atoms with E-state index in [-0.39, 0.29) is 0 Å². The van der Waals surface area contributed by atoms with Gasteiger partial charge in [0.25, 0.3) is 0 Å². The van der Waals surface area contributed by atoms with E-state index in [9.17, 15) is 40.2 Å². The van der Waals surface area contributed by atoms with Gasteiger partial charge in [-0.05, 0) is 47.5 Å². The van der Waals surface area contributed by atoms with Gasteiger partial charge in [0.1, 0.15) is 49.8 Å². The molecular formula is C36H46O19. The maximum Gasteiger partial charge on any atom is 0.331 e. The van der Waals surface area contributed by atoms with Gasteiger partial charge in [0, 0.05) is 12.2 Å². The monoisotopic (exact) mass is 782 g/mol. The Bertz CT molecular complexity index is 1630. The summed E-state index contributed by atoms with van der Waals surface area (Å²) in [6, 6.07) is 6.25. The number of carbonyl (C=O) groups is 2. The fraction of sp³-hybridized carbons (Fsp3) is 0.500. The van der Waals surface area contributed by atoms with Gasteiger partial charge in [0.05, 0.1) is 49.3 Å². The Labute approximate surface area is 315 Å². The Morgan fingerprint density at radius 3 is 1.60 bits per heavy atom. The number of aliphatic hydroxyl groups excluding tert-OH is 6. The summed E-state index contributed by atoms with van der Waals surface area (Å²) >= 11 is 0. The fourth-order valence-corrected chi connectivity index (χ4v) is 5.86. The molecule has 0 radical (unpaired) electrons. The molecule has 2 aliphatic heterocycles. The number of aliphatic hydroxyl groups is 6. The van der Waals surface area contributed by atoms with E-state index in [0.717, 1.165) is 12.2 Å². The van der Waals surface area contributed by atoms with Gasteiger partial charge >= 0.3 is 11.9 Å². The van der Waals surface area contributed by atoms with Gasteiger partial charge in [-0.2, -0.15) is 0 Å². The zero-order chi connectivity index (χ0) is 40.4. The first-order chi connectivity index (χ1) is 26.3. The molecule has 6 N–H and O–H groups in total. The van der Waals surface area contributed by atoms with Crippen LogP contribution in [0, 0.1) is 0 Å². The largest absolute Gasteiger partial charge is 0.493 e. The molecule has 19 heteroatoms. The van der Waals surface area contributed by atoms with Crippen LogP contribution in [0.2, 0.25) is 0 Å². The molecule has 2 heterocycles. The maximum atomic E-state index is 13.0. The third-order valence-electron chi connectivity index (χ3n) is 8.69. The van der Waals surface area contributed by atoms with Gasteiger partial charge in [0.2, 0.25) is 17.3 Å². The Balaban J connectivity index is 1.49. The molecule has 2 aliphatic rings. The molecule has 0 saturated carbocycles. The molecule has 19 nitrogen and oxygen atoms in total. The van der Waals surface area contributed by atoms with Crippen LogP contribution >= 0.6 is 0 Å². The van der Waals surface area contributed by atoms with Gasteiger partial charge in [-0.25, -0.2) is 9.59 Å². The van der Waals surface area contributed by atoms with Crippen molar-refractivity contribution in [2.45, 2.75) is 54.8 Å². The molecule has 0 aliphatic carbocycles. The number of rotatable bonds is 17. The van der Waals surface area contributed by atoms with Crippen LogP contribution in [0.1, 0.15) is 11.1 Å². The van der Waals surface area contributed by atoms with Crippen LogP contribution in [-0.4, -0.2) is 160 Å². The molecule has 0 aromatic heterocycles. The topological polar surface area (TPSA) is 257 Å². The van der Waals surface area contributed by atoms with E-state index < -0.39 is 86.6 Å². The molecule has 2 saturated heterocycles. The Morgan fingerprint density at radius 2 is 1.16 bits per heavy atom. The number of hydrogen-bond donors (Lipinski definition) is 6. The Morgan fingerprint density at radius 1 is 0.673 bits per heavy atom. The highest BCUT2D eigenvalue weighted by molar-refractivity contribution is 5.88. The number of benzene rings is 2. The van der Waals surface area contributed by atoms with Crippen LogP contribution in [-0.2, 0) is 33.3 Å². The van der Waals surface area contributed by atoms with Crippen LogP contribution in [0.4, 0.5) is 0 Å². The zero-order valence-corrected chi connectivity index (χ0v) is 30.8. The third-order valence-corrected chi connectivity index (χ3v) is 8.69. The summed E-state index contributed by atoms with van der Waals surface area (Å²) in [6.07, 6.45) is -9.53. The van der Waals surface area contributed by atoms with Crippen molar-refractivity contribution in [2.75, 3.05) is 62.5 Å². The second-order valence-electron chi connectivity index (χ2n) is 12.0. The summed E-state index contributed by atoms with van der Waals surface area (Å²) in [7, 11) is 8.54. The molecule has 0 spiro atoms. The summed E-state index contributed by atoms with van der Waals surface area (Å²) in [5.41, 5.74) is 0.899. The smallest absolute Gasteiger partial charge is 0.331 e. The van der Waals surface area contributed by atoms with Gasteiger partial charge in [-0.15, -0.1) is 0 Å². The molecule has 304 valence electrons. The van der Waals surface area contributed by atoms with Crippen molar-refractivity contribution in [1.82, 2.24) is 0 Å². The Kier molecular flexibility index (Phi) is 15.1. The molecule has 0 unspecified atom stereocenters. The predicted octanol–water partition coefficient (Wildman–Crippen LogP) is -0.815. The van der Waals surface area contributed by atoms with E-state index in [1.807, 2.05) is 0 Å². The average molecular weight is 783 g/mol. The van der Waals surface area contributed by atoms with E-state index in [0.29, 0.717) is 45.6 Å². The van der Waals surface area contributed by atoms with Crippen molar-refractivity contribution in [3.63, 3.8) is 0 Å². The molecule has 4 rings (SSSR count). The average Bonchev–Trinajstić information content (AvgIpc) is 3.46. The van der Waals surface area contributed by atoms with Crippen molar-refractivity contribution in [3.05, 3.63) is 47.5 Å². The van der Waals surface area contributed by atoms with E-state index in [1.165, 1.54) is 54.8 Å². The van der Waals surface area contributed by atoms with Gasteiger partial charge < -0.3 is 82.7 Å². The number of carbonyl (C=O) groups excluding carboxylic acids is 2. The first-order valence-corrected chi connectivity index (χ1v) is 16.6. The van der Waals surface area contributed by atoms with Crippen molar-refractivity contribution in [1.29, 1.82) is 0 Å². The highest BCUT2D eigenvalue weighted by atomic mass is 16.8. The second-order valence-corrected chi connectivity index (χ2v) is 12.0. The molecule has 9 atom stereocenters. The quantitative estimate of drug-likeness (QED) is 0.0847. The van der Waals surface area contributed by atoms with E-state index >= 15 is 0 Å². The fourth-order valence-electron chi connectivity index (χ4n) is 5.86. The van der Waals surface area contributed by atoms with Crippen LogP contribution < -0.4 is 28.4 Å². The Hall–Kier alpha value is -4.70. The summed E-state index contributed by atoms with van der Waals surface area (Å²) in [6.45, 7) is -2.62. The lowest BCUT2D eigenvalue weighted by Crippen LogP contribution is -2.63. The number of ether oxygens (including phenoxy) is 11. The minimum Gasteiger partial charge on any atom is -0.493 e. The van der Waals surface area contributed by atoms with Crippen LogP contribution in [0.15, 0.2) is 36.4 Å². The summed E-state index contributed by atoms with van der Waals surface area (Å²) < 4.78 is 59.5. The van der Waals surface area contributed by atoms with Crippen LogP contribution in [0.5, 0.6) is 34.5 Å². The highest BCUT2D eigenvalue weighted by Gasteiger charge is 2.60. The molecular weight excluding hydrogens is 736 g/mol. The van der Waals surface area contributed by atoms with Crippen LogP contribution in [0.3, 0.4) is 0 Å². The first kappa shape index (κ1) is 43.0. The first-order valence-electron chi connectivity index (χ1n) is 16.6. The van der Waals surface area contributed by atoms with Gasteiger partial charge in [-0.3, -0.25) is 0 Å². The third kappa shape index (κ3) is 9.58. The van der Waals surface area contributed by atoms with Crippen molar-refractivity contribution >= 4 is 24.1 Å². The minimum atomic E-state index is -2.49. The van der Waals surface area contributed by atoms with Crippen molar-refractivity contribution < 1.29 is 92.3 Å². The maximum absolute atomic E-state index is 13.0. The van der Waals surface area contributed by atoms with Crippen LogP contribution in [0.25, 0.3) is 12.2 Å². The summed E-state index contributed by atoms with van der Waals surface area (Å²) in [4.78, 5) is 25.7. The lowest BCUT2D eigenvalue weighted by atomic mass is 9.98. The number of esters is 2.